The van der Waals surface area contributed by atoms with E-state index < -0.39 is 10.0 Å². The van der Waals surface area contributed by atoms with Crippen molar-refractivity contribution in [3.8, 4) is 0 Å². The lowest BCUT2D eigenvalue weighted by Crippen LogP contribution is -2.13. The van der Waals surface area contributed by atoms with Gasteiger partial charge in [-0.2, -0.15) is 8.42 Å². The SMILES string of the molecule is CC(=NS(=O)(=O)c1ccc(Cl)cc1)Nc1cc(C)c2oc(=O)sc2c1C(C)C. The van der Waals surface area contributed by atoms with E-state index in [4.69, 9.17) is 16.0 Å². The van der Waals surface area contributed by atoms with Crippen molar-refractivity contribution in [3.05, 3.63) is 56.2 Å². The number of rotatable bonds is 4. The summed E-state index contributed by atoms with van der Waals surface area (Å²) in [5.41, 5.74) is 2.93. The molecule has 6 nitrogen and oxygen atoms in total. The van der Waals surface area contributed by atoms with Gasteiger partial charge in [0.1, 0.15) is 5.84 Å². The first-order valence-electron chi connectivity index (χ1n) is 8.50. The third-order valence-corrected chi connectivity index (χ3v) is 6.59. The molecular formula is C19H19ClN2O4S2. The molecule has 148 valence electrons. The summed E-state index contributed by atoms with van der Waals surface area (Å²) in [7, 11) is -3.88. The molecule has 0 aliphatic heterocycles. The van der Waals surface area contributed by atoms with Gasteiger partial charge in [-0.1, -0.05) is 36.8 Å². The van der Waals surface area contributed by atoms with Crippen LogP contribution in [0.1, 0.15) is 37.8 Å². The zero-order valence-corrected chi connectivity index (χ0v) is 18.1. The molecule has 28 heavy (non-hydrogen) atoms. The van der Waals surface area contributed by atoms with Gasteiger partial charge in [0.15, 0.2) is 5.58 Å². The molecule has 0 bridgehead atoms. The Balaban J connectivity index is 2.04. The summed E-state index contributed by atoms with van der Waals surface area (Å²) in [6.07, 6.45) is 0. The van der Waals surface area contributed by atoms with Crippen molar-refractivity contribution in [2.24, 2.45) is 4.40 Å². The zero-order valence-electron chi connectivity index (χ0n) is 15.7. The van der Waals surface area contributed by atoms with E-state index in [0.717, 1.165) is 27.2 Å². The second kappa shape index (κ2) is 7.69. The maximum Gasteiger partial charge on any atom is 0.396 e. The summed E-state index contributed by atoms with van der Waals surface area (Å²) in [6, 6.07) is 7.66. The highest BCUT2D eigenvalue weighted by Crippen LogP contribution is 2.36. The number of nitrogens with zero attached hydrogens (tertiary/aromatic N) is 1. The number of aryl methyl sites for hydroxylation is 1. The third-order valence-electron chi connectivity index (χ3n) is 4.09. The third kappa shape index (κ3) is 4.14. The molecular weight excluding hydrogens is 420 g/mol. The highest BCUT2D eigenvalue weighted by atomic mass is 35.5. The van der Waals surface area contributed by atoms with Crippen LogP contribution in [0.3, 0.4) is 0 Å². The number of anilines is 1. The Morgan fingerprint density at radius 1 is 1.25 bits per heavy atom. The van der Waals surface area contributed by atoms with E-state index in [2.05, 4.69) is 9.71 Å². The van der Waals surface area contributed by atoms with E-state index in [-0.39, 0.29) is 21.6 Å². The van der Waals surface area contributed by atoms with Gasteiger partial charge in [0.05, 0.1) is 9.60 Å². The molecule has 0 radical (unpaired) electrons. The molecule has 0 saturated heterocycles. The predicted molar refractivity (Wildman–Crippen MR) is 115 cm³/mol. The molecule has 2 aromatic carbocycles. The second-order valence-corrected chi connectivity index (χ2v) is 9.64. The Hall–Kier alpha value is -2.16. The van der Waals surface area contributed by atoms with Crippen LogP contribution in [0.5, 0.6) is 0 Å². The van der Waals surface area contributed by atoms with Gasteiger partial charge >= 0.3 is 4.94 Å². The fourth-order valence-electron chi connectivity index (χ4n) is 2.93. The lowest BCUT2D eigenvalue weighted by molar-refractivity contribution is 0.583. The summed E-state index contributed by atoms with van der Waals surface area (Å²) in [5.74, 6) is 0.297. The molecule has 9 heteroatoms. The largest absolute Gasteiger partial charge is 0.414 e. The first-order valence-corrected chi connectivity index (χ1v) is 11.1. The average Bonchev–Trinajstić information content (AvgIpc) is 2.96. The maximum atomic E-state index is 12.5. The second-order valence-electron chi connectivity index (χ2n) is 6.65. The molecule has 3 aromatic rings. The molecule has 0 aliphatic rings. The van der Waals surface area contributed by atoms with Crippen LogP contribution in [0, 0.1) is 6.92 Å². The molecule has 1 heterocycles. The Morgan fingerprint density at radius 3 is 2.50 bits per heavy atom. The molecule has 0 unspecified atom stereocenters. The van der Waals surface area contributed by atoms with Crippen LogP contribution in [-0.2, 0) is 10.0 Å². The molecule has 1 N–H and O–H groups in total. The van der Waals surface area contributed by atoms with E-state index in [1.807, 2.05) is 26.8 Å². The summed E-state index contributed by atoms with van der Waals surface area (Å²) in [6.45, 7) is 7.41. The van der Waals surface area contributed by atoms with Crippen molar-refractivity contribution in [1.29, 1.82) is 0 Å². The number of benzene rings is 2. The number of hydrogen-bond acceptors (Lipinski definition) is 5. The van der Waals surface area contributed by atoms with Gasteiger partial charge in [0.2, 0.25) is 0 Å². The normalized spacial score (nSPS) is 12.7. The van der Waals surface area contributed by atoms with Gasteiger partial charge in [-0.05, 0) is 61.2 Å². The van der Waals surface area contributed by atoms with Crippen LogP contribution in [0.2, 0.25) is 5.02 Å². The van der Waals surface area contributed by atoms with Crippen molar-refractivity contribution in [2.45, 2.75) is 38.5 Å². The molecule has 1 aromatic heterocycles. The predicted octanol–water partition coefficient (Wildman–Crippen LogP) is 5.16. The van der Waals surface area contributed by atoms with Gasteiger partial charge < -0.3 is 9.73 Å². The zero-order chi connectivity index (χ0) is 20.6. The monoisotopic (exact) mass is 438 g/mol. The Bertz CT molecular complexity index is 1220. The lowest BCUT2D eigenvalue weighted by atomic mass is 9.98. The first-order chi connectivity index (χ1) is 13.1. The first kappa shape index (κ1) is 20.6. The molecule has 0 fully saturated rings. The van der Waals surface area contributed by atoms with Crippen LogP contribution >= 0.6 is 22.9 Å². The van der Waals surface area contributed by atoms with Crippen molar-refractivity contribution in [1.82, 2.24) is 0 Å². The topological polar surface area (TPSA) is 88.7 Å². The van der Waals surface area contributed by atoms with Gasteiger partial charge in [0, 0.05) is 10.7 Å². The standard InChI is InChI=1S/C19H19ClN2O4S2/c1-10(2)16-15(9-11(3)17-18(16)27-19(23)26-17)21-12(4)22-28(24,25)14-7-5-13(20)6-8-14/h5-10H,1-4H3,(H,21,22). The fourth-order valence-corrected chi connectivity index (χ4v) is 5.09. The molecule has 0 amide bonds. The van der Waals surface area contributed by atoms with Gasteiger partial charge in [-0.15, -0.1) is 4.40 Å². The number of fused-ring (bicyclic) bond motifs is 1. The average molecular weight is 439 g/mol. The van der Waals surface area contributed by atoms with E-state index in [9.17, 15) is 13.2 Å². The van der Waals surface area contributed by atoms with Crippen LogP contribution in [0.25, 0.3) is 10.3 Å². The minimum atomic E-state index is -3.88. The number of halogens is 1. The fraction of sp³-hybridized carbons (Fsp3) is 0.263. The maximum absolute atomic E-state index is 12.5. The summed E-state index contributed by atoms with van der Waals surface area (Å²) in [4.78, 5) is 11.4. The van der Waals surface area contributed by atoms with Gasteiger partial charge in [0.25, 0.3) is 10.0 Å². The number of hydrogen-bond donors (Lipinski definition) is 1. The highest BCUT2D eigenvalue weighted by molar-refractivity contribution is 7.90. The van der Waals surface area contributed by atoms with E-state index in [0.29, 0.717) is 16.3 Å². The number of amidine groups is 1. The Kier molecular flexibility index (Phi) is 5.65. The molecule has 0 spiro atoms. The highest BCUT2D eigenvalue weighted by Gasteiger charge is 2.19. The lowest BCUT2D eigenvalue weighted by Gasteiger charge is -2.16. The molecule has 0 aliphatic carbocycles. The van der Waals surface area contributed by atoms with Crippen LogP contribution in [0.4, 0.5) is 5.69 Å². The van der Waals surface area contributed by atoms with Crippen molar-refractivity contribution >= 4 is 54.8 Å². The van der Waals surface area contributed by atoms with E-state index >= 15 is 0 Å². The minimum Gasteiger partial charge on any atom is -0.414 e. The summed E-state index contributed by atoms with van der Waals surface area (Å²) < 4.78 is 35.0. The van der Waals surface area contributed by atoms with Crippen molar-refractivity contribution in [3.63, 3.8) is 0 Å². The van der Waals surface area contributed by atoms with Gasteiger partial charge in [-0.3, -0.25) is 0 Å². The molecule has 3 rings (SSSR count). The number of sulfonamides is 1. The minimum absolute atomic E-state index is 0.0572. The van der Waals surface area contributed by atoms with Crippen LogP contribution in [-0.4, -0.2) is 14.3 Å². The Labute approximate surface area is 171 Å². The van der Waals surface area contributed by atoms with Crippen LogP contribution < -0.4 is 10.3 Å². The molecule has 0 saturated carbocycles. The Morgan fingerprint density at radius 2 is 1.89 bits per heavy atom. The van der Waals surface area contributed by atoms with Crippen molar-refractivity contribution in [2.75, 3.05) is 5.32 Å². The van der Waals surface area contributed by atoms with Crippen LogP contribution in [0.15, 0.2) is 48.8 Å². The van der Waals surface area contributed by atoms with E-state index in [1.54, 1.807) is 6.92 Å². The summed E-state index contributed by atoms with van der Waals surface area (Å²) >= 11 is 6.86. The van der Waals surface area contributed by atoms with E-state index in [1.165, 1.54) is 24.3 Å². The molecule has 0 atom stereocenters. The van der Waals surface area contributed by atoms with Gasteiger partial charge in [-0.25, -0.2) is 4.79 Å². The quantitative estimate of drug-likeness (QED) is 0.449. The number of nitrogens with one attached hydrogen (secondary N) is 1. The van der Waals surface area contributed by atoms with Crippen molar-refractivity contribution < 1.29 is 12.8 Å². The smallest absolute Gasteiger partial charge is 0.396 e. The summed E-state index contributed by atoms with van der Waals surface area (Å²) in [5, 5.41) is 3.53.